The van der Waals surface area contributed by atoms with Gasteiger partial charge in [0.15, 0.2) is 11.6 Å². The number of rotatable bonds is 5. The molecule has 25 heavy (non-hydrogen) atoms. The van der Waals surface area contributed by atoms with Gasteiger partial charge in [-0.15, -0.1) is 10.2 Å². The molecule has 1 aromatic heterocycles. The number of aromatic nitrogens is 2. The van der Waals surface area contributed by atoms with E-state index in [1.165, 1.54) is 18.4 Å². The molecule has 3 rings (SSSR count). The summed E-state index contributed by atoms with van der Waals surface area (Å²) in [5.41, 5.74) is 1.42. The van der Waals surface area contributed by atoms with E-state index in [0.717, 1.165) is 31.2 Å². The summed E-state index contributed by atoms with van der Waals surface area (Å²) in [6, 6.07) is 14.5. The monoisotopic (exact) mass is 338 g/mol. The number of amides is 1. The molecule has 2 heterocycles. The van der Waals surface area contributed by atoms with Gasteiger partial charge in [-0.1, -0.05) is 44.2 Å². The topological polar surface area (TPSA) is 58.1 Å². The summed E-state index contributed by atoms with van der Waals surface area (Å²) in [6.07, 6.45) is 3.49. The van der Waals surface area contributed by atoms with Gasteiger partial charge >= 0.3 is 0 Å². The Morgan fingerprint density at radius 1 is 1.12 bits per heavy atom. The van der Waals surface area contributed by atoms with Crippen LogP contribution in [0.5, 0.6) is 0 Å². The number of anilines is 2. The average Bonchev–Trinajstić information content (AvgIpc) is 2.64. The molecule has 1 aliphatic heterocycles. The lowest BCUT2D eigenvalue weighted by atomic mass is 9.90. The van der Waals surface area contributed by atoms with E-state index in [1.54, 1.807) is 0 Å². The highest BCUT2D eigenvalue weighted by atomic mass is 16.1. The van der Waals surface area contributed by atoms with E-state index >= 15 is 0 Å². The minimum atomic E-state index is -0.0647. The first-order chi connectivity index (χ1) is 12.1. The highest BCUT2D eigenvalue weighted by Crippen LogP contribution is 2.24. The first-order valence-electron chi connectivity index (χ1n) is 9.05. The van der Waals surface area contributed by atoms with Gasteiger partial charge in [0.2, 0.25) is 5.91 Å². The molecule has 5 heteroatoms. The van der Waals surface area contributed by atoms with Crippen LogP contribution in [0.1, 0.15) is 32.3 Å². The predicted molar refractivity (Wildman–Crippen MR) is 101 cm³/mol. The van der Waals surface area contributed by atoms with Crippen LogP contribution in [-0.4, -0.2) is 29.2 Å². The fourth-order valence-corrected chi connectivity index (χ4v) is 3.14. The van der Waals surface area contributed by atoms with Gasteiger partial charge < -0.3 is 10.2 Å². The summed E-state index contributed by atoms with van der Waals surface area (Å²) in [5.74, 6) is 2.03. The molecule has 1 fully saturated rings. The van der Waals surface area contributed by atoms with Gasteiger partial charge in [-0.05, 0) is 42.9 Å². The second kappa shape index (κ2) is 8.10. The zero-order valence-electron chi connectivity index (χ0n) is 15.0. The molecule has 5 nitrogen and oxygen atoms in total. The molecule has 1 amide bonds. The van der Waals surface area contributed by atoms with E-state index in [1.807, 2.05) is 26.0 Å². The maximum atomic E-state index is 11.7. The molecule has 0 bridgehead atoms. The van der Waals surface area contributed by atoms with E-state index in [2.05, 4.69) is 50.7 Å². The van der Waals surface area contributed by atoms with E-state index in [4.69, 9.17) is 0 Å². The second-order valence-corrected chi connectivity index (χ2v) is 7.04. The summed E-state index contributed by atoms with van der Waals surface area (Å²) in [5, 5.41) is 11.2. The van der Waals surface area contributed by atoms with Crippen molar-refractivity contribution in [1.82, 2.24) is 10.2 Å². The normalized spacial score (nSPS) is 15.4. The van der Waals surface area contributed by atoms with Crippen molar-refractivity contribution in [2.24, 2.45) is 11.8 Å². The van der Waals surface area contributed by atoms with Crippen LogP contribution in [0.2, 0.25) is 0 Å². The van der Waals surface area contributed by atoms with Crippen LogP contribution in [0.4, 0.5) is 11.6 Å². The summed E-state index contributed by atoms with van der Waals surface area (Å²) in [6.45, 7) is 5.72. The van der Waals surface area contributed by atoms with Gasteiger partial charge in [0.1, 0.15) is 0 Å². The molecule has 0 atom stereocenters. The van der Waals surface area contributed by atoms with Crippen molar-refractivity contribution >= 4 is 17.5 Å². The zero-order valence-corrected chi connectivity index (χ0v) is 15.0. The molecule has 2 aromatic rings. The smallest absolute Gasteiger partial charge is 0.228 e. The number of piperidine rings is 1. The van der Waals surface area contributed by atoms with Gasteiger partial charge in [-0.25, -0.2) is 0 Å². The van der Waals surface area contributed by atoms with E-state index < -0.39 is 0 Å². The molecular formula is C20H26N4O. The Kier molecular flexibility index (Phi) is 5.64. The molecule has 0 aliphatic carbocycles. The standard InChI is InChI=1S/C20H26N4O/c1-15(2)20(25)21-18-8-9-19(23-22-18)24-12-10-17(11-13-24)14-16-6-4-3-5-7-16/h3-9,15,17H,10-14H2,1-2H3,(H,21,22,25). The van der Waals surface area contributed by atoms with Gasteiger partial charge in [0, 0.05) is 19.0 Å². The Labute approximate surface area is 149 Å². The number of hydrogen-bond acceptors (Lipinski definition) is 4. The third-order valence-electron chi connectivity index (χ3n) is 4.73. The molecule has 0 unspecified atom stereocenters. The lowest BCUT2D eigenvalue weighted by Gasteiger charge is -2.32. The Balaban J connectivity index is 1.51. The first kappa shape index (κ1) is 17.4. The van der Waals surface area contributed by atoms with Crippen LogP contribution in [0.3, 0.4) is 0 Å². The average molecular weight is 338 g/mol. The quantitative estimate of drug-likeness (QED) is 0.906. The number of carbonyl (C=O) groups excluding carboxylic acids is 1. The van der Waals surface area contributed by atoms with Crippen LogP contribution in [0.25, 0.3) is 0 Å². The largest absolute Gasteiger partial charge is 0.355 e. The summed E-state index contributed by atoms with van der Waals surface area (Å²) < 4.78 is 0. The third-order valence-corrected chi connectivity index (χ3v) is 4.73. The highest BCUT2D eigenvalue weighted by molar-refractivity contribution is 5.91. The lowest BCUT2D eigenvalue weighted by molar-refractivity contribution is -0.118. The minimum absolute atomic E-state index is 0.0382. The summed E-state index contributed by atoms with van der Waals surface area (Å²) in [4.78, 5) is 14.0. The van der Waals surface area contributed by atoms with Crippen molar-refractivity contribution in [2.75, 3.05) is 23.3 Å². The Morgan fingerprint density at radius 3 is 2.44 bits per heavy atom. The van der Waals surface area contributed by atoms with Gasteiger partial charge in [-0.3, -0.25) is 4.79 Å². The minimum Gasteiger partial charge on any atom is -0.355 e. The second-order valence-electron chi connectivity index (χ2n) is 7.04. The fraction of sp³-hybridized carbons (Fsp3) is 0.450. The van der Waals surface area contributed by atoms with Crippen LogP contribution in [0.15, 0.2) is 42.5 Å². The molecule has 1 N–H and O–H groups in total. The van der Waals surface area contributed by atoms with Gasteiger partial charge in [0.25, 0.3) is 0 Å². The fourth-order valence-electron chi connectivity index (χ4n) is 3.14. The molecule has 1 aliphatic rings. The SMILES string of the molecule is CC(C)C(=O)Nc1ccc(N2CCC(Cc3ccccc3)CC2)nn1. The van der Waals surface area contributed by atoms with E-state index in [0.29, 0.717) is 5.82 Å². The van der Waals surface area contributed by atoms with Gasteiger partial charge in [-0.2, -0.15) is 0 Å². The number of benzene rings is 1. The maximum absolute atomic E-state index is 11.7. The summed E-state index contributed by atoms with van der Waals surface area (Å²) >= 11 is 0. The number of nitrogens with zero attached hydrogens (tertiary/aromatic N) is 3. The first-order valence-corrected chi connectivity index (χ1v) is 9.05. The van der Waals surface area contributed by atoms with Crippen LogP contribution in [-0.2, 0) is 11.2 Å². The number of hydrogen-bond donors (Lipinski definition) is 1. The Hall–Kier alpha value is -2.43. The van der Waals surface area contributed by atoms with Gasteiger partial charge in [0.05, 0.1) is 0 Å². The molecule has 1 aromatic carbocycles. The summed E-state index contributed by atoms with van der Waals surface area (Å²) in [7, 11) is 0. The molecule has 0 saturated carbocycles. The third kappa shape index (κ3) is 4.78. The number of carbonyl (C=O) groups is 1. The van der Waals surface area contributed by atoms with E-state index in [-0.39, 0.29) is 11.8 Å². The van der Waals surface area contributed by atoms with Crippen molar-refractivity contribution in [2.45, 2.75) is 33.1 Å². The molecule has 1 saturated heterocycles. The van der Waals surface area contributed by atoms with E-state index in [9.17, 15) is 4.79 Å². The van der Waals surface area contributed by atoms with Crippen molar-refractivity contribution < 1.29 is 4.79 Å². The van der Waals surface area contributed by atoms with Crippen LogP contribution in [0, 0.1) is 11.8 Å². The van der Waals surface area contributed by atoms with Crippen molar-refractivity contribution in [1.29, 1.82) is 0 Å². The molecule has 0 radical (unpaired) electrons. The van der Waals surface area contributed by atoms with Crippen molar-refractivity contribution in [3.63, 3.8) is 0 Å². The van der Waals surface area contributed by atoms with Crippen LogP contribution >= 0.6 is 0 Å². The van der Waals surface area contributed by atoms with Crippen molar-refractivity contribution in [3.05, 3.63) is 48.0 Å². The molecular weight excluding hydrogens is 312 g/mol. The Bertz CT molecular complexity index is 677. The molecule has 132 valence electrons. The zero-order chi connectivity index (χ0) is 17.6. The van der Waals surface area contributed by atoms with Crippen LogP contribution < -0.4 is 10.2 Å². The lowest BCUT2D eigenvalue weighted by Crippen LogP contribution is -2.35. The number of nitrogens with one attached hydrogen (secondary N) is 1. The van der Waals surface area contributed by atoms with Crippen molar-refractivity contribution in [3.8, 4) is 0 Å². The molecule has 0 spiro atoms. The highest BCUT2D eigenvalue weighted by Gasteiger charge is 2.20. The predicted octanol–water partition coefficient (Wildman–Crippen LogP) is 3.53. The maximum Gasteiger partial charge on any atom is 0.228 e. The Morgan fingerprint density at radius 2 is 1.84 bits per heavy atom.